The van der Waals surface area contributed by atoms with E-state index in [1.54, 1.807) is 14.0 Å². The number of nitro groups is 1. The van der Waals surface area contributed by atoms with Gasteiger partial charge in [-0.25, -0.2) is 9.78 Å². The van der Waals surface area contributed by atoms with Gasteiger partial charge >= 0.3 is 11.7 Å². The van der Waals surface area contributed by atoms with Crippen LogP contribution in [-0.4, -0.2) is 33.0 Å². The summed E-state index contributed by atoms with van der Waals surface area (Å²) in [5.41, 5.74) is -0.677. The molecule has 0 aliphatic carbocycles. The maximum Gasteiger partial charge on any atom is 0.359 e. The number of nitrogens with one attached hydrogen (secondary N) is 1. The second-order valence-electron chi connectivity index (χ2n) is 5.06. The number of hydrogen-bond acceptors (Lipinski definition) is 6. The van der Waals surface area contributed by atoms with Gasteiger partial charge in [-0.2, -0.15) is 4.39 Å². The molecule has 0 bridgehead atoms. The number of imidazole rings is 1. The zero-order chi connectivity index (χ0) is 18.7. The van der Waals surface area contributed by atoms with Gasteiger partial charge < -0.3 is 14.6 Å². The SMILES string of the molecule is CCOC(=O)c1ncn(C)c1-c1cc(F)c([N+](=O)[O-])cc1NC(C)=O. The number of hydrogen-bond donors (Lipinski definition) is 1. The van der Waals surface area contributed by atoms with Crippen LogP contribution in [-0.2, 0) is 16.6 Å². The largest absolute Gasteiger partial charge is 0.461 e. The molecule has 1 heterocycles. The summed E-state index contributed by atoms with van der Waals surface area (Å²) in [7, 11) is 1.56. The summed E-state index contributed by atoms with van der Waals surface area (Å²) in [6.07, 6.45) is 1.32. The monoisotopic (exact) mass is 350 g/mol. The molecule has 9 nitrogen and oxygen atoms in total. The zero-order valence-electron chi connectivity index (χ0n) is 13.7. The van der Waals surface area contributed by atoms with E-state index in [0.29, 0.717) is 0 Å². The predicted octanol–water partition coefficient (Wildman–Crippen LogP) is 2.27. The normalized spacial score (nSPS) is 10.4. The summed E-state index contributed by atoms with van der Waals surface area (Å²) in [6.45, 7) is 2.94. The van der Waals surface area contributed by atoms with Crippen LogP contribution in [0.4, 0.5) is 15.8 Å². The number of rotatable bonds is 5. The fraction of sp³-hybridized carbons (Fsp3) is 0.267. The van der Waals surface area contributed by atoms with Crippen molar-refractivity contribution in [1.82, 2.24) is 9.55 Å². The minimum absolute atomic E-state index is 0.0188. The molecule has 0 unspecified atom stereocenters. The molecule has 1 aromatic heterocycles. The molecular formula is C15H15FN4O5. The maximum atomic E-state index is 14.1. The predicted molar refractivity (Wildman–Crippen MR) is 85.5 cm³/mol. The topological polar surface area (TPSA) is 116 Å². The molecular weight excluding hydrogens is 335 g/mol. The number of nitrogens with zero attached hydrogens (tertiary/aromatic N) is 3. The van der Waals surface area contributed by atoms with E-state index in [1.165, 1.54) is 17.8 Å². The number of nitro benzene ring substituents is 1. The maximum absolute atomic E-state index is 14.1. The first-order chi connectivity index (χ1) is 11.8. The molecule has 1 aromatic carbocycles. The first-order valence-electron chi connectivity index (χ1n) is 7.20. The number of benzene rings is 1. The number of carbonyl (C=O) groups is 2. The molecule has 2 rings (SSSR count). The molecule has 0 atom stereocenters. The Morgan fingerprint density at radius 3 is 2.68 bits per heavy atom. The van der Waals surface area contributed by atoms with Crippen molar-refractivity contribution in [2.45, 2.75) is 13.8 Å². The van der Waals surface area contributed by atoms with Crippen molar-refractivity contribution in [3.63, 3.8) is 0 Å². The van der Waals surface area contributed by atoms with Gasteiger partial charge in [0.2, 0.25) is 11.7 Å². The molecule has 2 aromatic rings. The van der Waals surface area contributed by atoms with Gasteiger partial charge in [-0.15, -0.1) is 0 Å². The lowest BCUT2D eigenvalue weighted by atomic mass is 10.1. The van der Waals surface area contributed by atoms with Crippen LogP contribution in [0, 0.1) is 15.9 Å². The average Bonchev–Trinajstić information content (AvgIpc) is 2.89. The lowest BCUT2D eigenvalue weighted by molar-refractivity contribution is -0.387. The van der Waals surface area contributed by atoms with Gasteiger partial charge in [0.25, 0.3) is 0 Å². The Morgan fingerprint density at radius 1 is 1.44 bits per heavy atom. The fourth-order valence-corrected chi connectivity index (χ4v) is 2.29. The van der Waals surface area contributed by atoms with Gasteiger partial charge in [0, 0.05) is 25.6 Å². The van der Waals surface area contributed by atoms with Crippen LogP contribution < -0.4 is 5.32 Å². The van der Waals surface area contributed by atoms with Gasteiger partial charge in [-0.3, -0.25) is 14.9 Å². The number of esters is 1. The molecule has 0 spiro atoms. The van der Waals surface area contributed by atoms with Crippen molar-refractivity contribution in [2.75, 3.05) is 11.9 Å². The number of carbonyl (C=O) groups excluding carboxylic acids is 2. The molecule has 0 radical (unpaired) electrons. The second-order valence-corrected chi connectivity index (χ2v) is 5.06. The van der Waals surface area contributed by atoms with Crippen molar-refractivity contribution >= 4 is 23.3 Å². The average molecular weight is 350 g/mol. The van der Waals surface area contributed by atoms with E-state index in [0.717, 1.165) is 12.1 Å². The van der Waals surface area contributed by atoms with Crippen LogP contribution in [0.15, 0.2) is 18.5 Å². The summed E-state index contributed by atoms with van der Waals surface area (Å²) in [5.74, 6) is -2.35. The summed E-state index contributed by atoms with van der Waals surface area (Å²) in [5, 5.41) is 13.4. The molecule has 1 amide bonds. The number of aryl methyl sites for hydroxylation is 1. The van der Waals surface area contributed by atoms with Gasteiger partial charge in [0.05, 0.1) is 29.2 Å². The minimum atomic E-state index is -1.11. The Labute approximate surface area is 141 Å². The number of amides is 1. The first-order valence-corrected chi connectivity index (χ1v) is 7.20. The van der Waals surface area contributed by atoms with Gasteiger partial charge in [-0.1, -0.05) is 0 Å². The smallest absolute Gasteiger partial charge is 0.359 e. The highest BCUT2D eigenvalue weighted by Crippen LogP contribution is 2.35. The van der Waals surface area contributed by atoms with Crippen LogP contribution in [0.1, 0.15) is 24.3 Å². The van der Waals surface area contributed by atoms with Crippen molar-refractivity contribution in [3.8, 4) is 11.3 Å². The molecule has 1 N–H and O–H groups in total. The second kappa shape index (κ2) is 7.07. The van der Waals surface area contributed by atoms with E-state index in [1.807, 2.05) is 0 Å². The summed E-state index contributed by atoms with van der Waals surface area (Å²) >= 11 is 0. The van der Waals surface area contributed by atoms with Crippen LogP contribution in [0.25, 0.3) is 11.3 Å². The van der Waals surface area contributed by atoms with Crippen molar-refractivity contribution in [2.24, 2.45) is 7.05 Å². The van der Waals surface area contributed by atoms with E-state index in [4.69, 9.17) is 4.74 Å². The minimum Gasteiger partial charge on any atom is -0.461 e. The third-order valence-electron chi connectivity index (χ3n) is 3.26. The summed E-state index contributed by atoms with van der Waals surface area (Å²) in [4.78, 5) is 37.5. The molecule has 0 fully saturated rings. The third-order valence-corrected chi connectivity index (χ3v) is 3.26. The van der Waals surface area contributed by atoms with E-state index in [-0.39, 0.29) is 29.2 Å². The standard InChI is InChI=1S/C15H15FN4O5/c1-4-25-15(22)13-14(19(3)7-17-13)9-5-10(16)12(20(23)24)6-11(9)18-8(2)21/h5-7H,4H2,1-3H3,(H,18,21). The summed E-state index contributed by atoms with van der Waals surface area (Å²) in [6, 6.07) is 1.77. The molecule has 25 heavy (non-hydrogen) atoms. The molecule has 0 aliphatic heterocycles. The highest BCUT2D eigenvalue weighted by atomic mass is 19.1. The number of anilines is 1. The molecule has 132 valence electrons. The number of halogens is 1. The summed E-state index contributed by atoms with van der Waals surface area (Å²) < 4.78 is 20.5. The van der Waals surface area contributed by atoms with Crippen molar-refractivity contribution in [1.29, 1.82) is 0 Å². The quantitative estimate of drug-likeness (QED) is 0.502. The highest BCUT2D eigenvalue weighted by Gasteiger charge is 2.26. The molecule has 0 saturated carbocycles. The highest BCUT2D eigenvalue weighted by molar-refractivity contribution is 6.00. The van der Waals surface area contributed by atoms with E-state index in [2.05, 4.69) is 10.3 Å². The van der Waals surface area contributed by atoms with Gasteiger partial charge in [0.1, 0.15) is 0 Å². The van der Waals surface area contributed by atoms with Gasteiger partial charge in [-0.05, 0) is 13.0 Å². The molecule has 0 saturated heterocycles. The van der Waals surface area contributed by atoms with Crippen molar-refractivity contribution in [3.05, 3.63) is 40.1 Å². The van der Waals surface area contributed by atoms with Crippen LogP contribution >= 0.6 is 0 Å². The number of ether oxygens (including phenoxy) is 1. The van der Waals surface area contributed by atoms with Crippen LogP contribution in [0.2, 0.25) is 0 Å². The van der Waals surface area contributed by atoms with Gasteiger partial charge in [0.15, 0.2) is 5.69 Å². The molecule has 10 heteroatoms. The first kappa shape index (κ1) is 18.0. The Hall–Kier alpha value is -3.30. The zero-order valence-corrected chi connectivity index (χ0v) is 13.7. The lowest BCUT2D eigenvalue weighted by Gasteiger charge is -2.12. The lowest BCUT2D eigenvalue weighted by Crippen LogP contribution is -2.11. The van der Waals surface area contributed by atoms with E-state index < -0.39 is 28.3 Å². The fourth-order valence-electron chi connectivity index (χ4n) is 2.29. The Kier molecular flexibility index (Phi) is 5.11. The Bertz CT molecular complexity index is 862. The third kappa shape index (κ3) is 3.62. The van der Waals surface area contributed by atoms with E-state index in [9.17, 15) is 24.1 Å². The Morgan fingerprint density at radius 2 is 2.12 bits per heavy atom. The van der Waals surface area contributed by atoms with Crippen LogP contribution in [0.5, 0.6) is 0 Å². The Balaban J connectivity index is 2.72. The van der Waals surface area contributed by atoms with Crippen molar-refractivity contribution < 1.29 is 23.6 Å². The molecule has 0 aliphatic rings. The number of aromatic nitrogens is 2. The van der Waals surface area contributed by atoms with Crippen LogP contribution in [0.3, 0.4) is 0 Å². The van der Waals surface area contributed by atoms with E-state index >= 15 is 0 Å².